The average molecular weight is 539 g/mol. The normalized spacial score (nSPS) is 18.8. The van der Waals surface area contributed by atoms with Crippen molar-refractivity contribution in [2.75, 3.05) is 13.2 Å². The van der Waals surface area contributed by atoms with E-state index in [1.54, 1.807) is 4.90 Å². The van der Waals surface area contributed by atoms with Crippen LogP contribution in [0, 0.1) is 0 Å². The van der Waals surface area contributed by atoms with E-state index in [2.05, 4.69) is 63.0 Å². The molecule has 1 saturated heterocycles. The summed E-state index contributed by atoms with van der Waals surface area (Å²) in [6.07, 6.45) is 0.607. The fourth-order valence-corrected chi connectivity index (χ4v) is 5.52. The summed E-state index contributed by atoms with van der Waals surface area (Å²) in [5.41, 5.74) is 1.69. The van der Waals surface area contributed by atoms with Crippen LogP contribution in [-0.4, -0.2) is 60.8 Å². The molecule has 2 aromatic carbocycles. The summed E-state index contributed by atoms with van der Waals surface area (Å²) in [7, 11) is -2.04. The standard InChI is InChI=1S/C31H46N2O4Si/c1-30(2,3)37-28(34)22-33-26(23-36-38(7,8)31(4,5)6)19-27(29(33)35)32(20-24-15-11-9-12-16-24)21-25-17-13-10-14-18-25/h9-18,26-27H,19-23H2,1-8H3/t26-,27-/m0/s1. The van der Waals surface area contributed by atoms with Crippen LogP contribution in [0.3, 0.4) is 0 Å². The second kappa shape index (κ2) is 12.1. The molecule has 1 amide bonds. The number of carbonyl (C=O) groups is 2. The minimum Gasteiger partial charge on any atom is -0.459 e. The van der Waals surface area contributed by atoms with E-state index in [0.29, 0.717) is 26.1 Å². The summed E-state index contributed by atoms with van der Waals surface area (Å²) in [6.45, 7) is 18.2. The van der Waals surface area contributed by atoms with Gasteiger partial charge in [0.05, 0.1) is 18.7 Å². The van der Waals surface area contributed by atoms with Gasteiger partial charge in [-0.2, -0.15) is 0 Å². The molecule has 1 fully saturated rings. The van der Waals surface area contributed by atoms with Gasteiger partial charge in [-0.25, -0.2) is 0 Å². The van der Waals surface area contributed by atoms with Crippen LogP contribution >= 0.6 is 0 Å². The van der Waals surface area contributed by atoms with Gasteiger partial charge in [0.2, 0.25) is 5.91 Å². The van der Waals surface area contributed by atoms with Gasteiger partial charge >= 0.3 is 5.97 Å². The molecular formula is C31H46N2O4Si. The molecule has 0 radical (unpaired) electrons. The highest BCUT2D eigenvalue weighted by Crippen LogP contribution is 2.37. The Balaban J connectivity index is 1.88. The third-order valence-corrected chi connectivity index (χ3v) is 12.1. The Hall–Kier alpha value is -2.48. The number of amides is 1. The van der Waals surface area contributed by atoms with E-state index in [1.165, 1.54) is 0 Å². The van der Waals surface area contributed by atoms with Crippen molar-refractivity contribution >= 4 is 20.2 Å². The molecule has 2 aromatic rings. The van der Waals surface area contributed by atoms with Crippen LogP contribution < -0.4 is 0 Å². The lowest BCUT2D eigenvalue weighted by atomic mass is 10.1. The Morgan fingerprint density at radius 3 is 1.87 bits per heavy atom. The van der Waals surface area contributed by atoms with Gasteiger partial charge < -0.3 is 14.1 Å². The Kier molecular flexibility index (Phi) is 9.60. The molecular weight excluding hydrogens is 492 g/mol. The summed E-state index contributed by atoms with van der Waals surface area (Å²) in [5, 5.41) is 0.0532. The molecule has 1 aliphatic rings. The minimum absolute atomic E-state index is 0.0356. The van der Waals surface area contributed by atoms with Crippen molar-refractivity contribution in [2.24, 2.45) is 0 Å². The van der Waals surface area contributed by atoms with E-state index in [-0.39, 0.29) is 35.5 Å². The number of esters is 1. The van der Waals surface area contributed by atoms with Crippen LogP contribution in [0.2, 0.25) is 18.1 Å². The number of rotatable bonds is 10. The second-order valence-electron chi connectivity index (χ2n) is 12.9. The van der Waals surface area contributed by atoms with Gasteiger partial charge in [-0.05, 0) is 56.5 Å². The number of nitrogens with zero attached hydrogens (tertiary/aromatic N) is 2. The molecule has 0 spiro atoms. The zero-order valence-corrected chi connectivity index (χ0v) is 25.5. The van der Waals surface area contributed by atoms with Crippen molar-refractivity contribution < 1.29 is 18.8 Å². The van der Waals surface area contributed by atoms with Crippen LogP contribution in [-0.2, 0) is 31.8 Å². The Morgan fingerprint density at radius 2 is 1.42 bits per heavy atom. The monoisotopic (exact) mass is 538 g/mol. The van der Waals surface area contributed by atoms with Crippen molar-refractivity contribution in [3.8, 4) is 0 Å². The first-order chi connectivity index (χ1) is 17.7. The zero-order chi connectivity index (χ0) is 28.1. The molecule has 1 aliphatic heterocycles. The summed E-state index contributed by atoms with van der Waals surface area (Å²) >= 11 is 0. The first-order valence-electron chi connectivity index (χ1n) is 13.6. The highest BCUT2D eigenvalue weighted by Gasteiger charge is 2.45. The lowest BCUT2D eigenvalue weighted by Crippen LogP contribution is -2.47. The topological polar surface area (TPSA) is 59.1 Å². The van der Waals surface area contributed by atoms with Crippen molar-refractivity contribution in [3.05, 3.63) is 71.8 Å². The molecule has 6 nitrogen and oxygen atoms in total. The second-order valence-corrected chi connectivity index (χ2v) is 17.7. The lowest BCUT2D eigenvalue weighted by molar-refractivity contribution is -0.159. The molecule has 7 heteroatoms. The fourth-order valence-electron chi connectivity index (χ4n) is 4.47. The van der Waals surface area contributed by atoms with Gasteiger partial charge in [0.25, 0.3) is 0 Å². The lowest BCUT2D eigenvalue weighted by Gasteiger charge is -2.38. The van der Waals surface area contributed by atoms with Crippen LogP contribution in [0.4, 0.5) is 0 Å². The molecule has 1 heterocycles. The highest BCUT2D eigenvalue weighted by molar-refractivity contribution is 6.74. The quantitative estimate of drug-likeness (QED) is 0.273. The molecule has 0 aliphatic carbocycles. The molecule has 0 unspecified atom stereocenters. The number of hydrogen-bond donors (Lipinski definition) is 0. The molecule has 0 saturated carbocycles. The van der Waals surface area contributed by atoms with Crippen molar-refractivity contribution in [3.63, 3.8) is 0 Å². The number of ether oxygens (including phenoxy) is 1. The first kappa shape index (κ1) is 30.1. The summed E-state index contributed by atoms with van der Waals surface area (Å²) < 4.78 is 12.2. The summed E-state index contributed by atoms with van der Waals surface area (Å²) in [6, 6.07) is 19.9. The maximum absolute atomic E-state index is 14.0. The van der Waals surface area contributed by atoms with Gasteiger partial charge in [0, 0.05) is 13.1 Å². The van der Waals surface area contributed by atoms with Gasteiger partial charge in [-0.3, -0.25) is 14.5 Å². The van der Waals surface area contributed by atoms with E-state index < -0.39 is 13.9 Å². The average Bonchev–Trinajstić information content (AvgIpc) is 3.12. The first-order valence-corrected chi connectivity index (χ1v) is 16.6. The van der Waals surface area contributed by atoms with Crippen molar-refractivity contribution in [1.29, 1.82) is 0 Å². The number of hydrogen-bond acceptors (Lipinski definition) is 5. The SMILES string of the molecule is CC(C)(C)OC(=O)CN1C(=O)[C@@H](N(Cc2ccccc2)Cc2ccccc2)C[C@H]1CO[Si](C)(C)C(C)(C)C. The summed E-state index contributed by atoms with van der Waals surface area (Å²) in [4.78, 5) is 30.8. The minimum atomic E-state index is -2.04. The molecule has 208 valence electrons. The molecule has 0 N–H and O–H groups in total. The molecule has 0 bridgehead atoms. The van der Waals surface area contributed by atoms with Crippen LogP contribution in [0.15, 0.2) is 60.7 Å². The number of carbonyl (C=O) groups excluding carboxylic acids is 2. The molecule has 38 heavy (non-hydrogen) atoms. The molecule has 2 atom stereocenters. The summed E-state index contributed by atoms with van der Waals surface area (Å²) in [5.74, 6) is -0.423. The van der Waals surface area contributed by atoms with Crippen LogP contribution in [0.5, 0.6) is 0 Å². The Bertz CT molecular complexity index is 1020. The third kappa shape index (κ3) is 8.26. The fraction of sp³-hybridized carbons (Fsp3) is 0.548. The van der Waals surface area contributed by atoms with Crippen molar-refractivity contribution in [1.82, 2.24) is 9.80 Å². The van der Waals surface area contributed by atoms with Crippen molar-refractivity contribution in [2.45, 2.75) is 96.9 Å². The largest absolute Gasteiger partial charge is 0.459 e. The molecule has 0 aromatic heterocycles. The zero-order valence-electron chi connectivity index (χ0n) is 24.5. The predicted octanol–water partition coefficient (Wildman–Crippen LogP) is 6.02. The van der Waals surface area contributed by atoms with Gasteiger partial charge in [0.1, 0.15) is 12.1 Å². The van der Waals surface area contributed by atoms with E-state index >= 15 is 0 Å². The number of likely N-dealkylation sites (tertiary alicyclic amines) is 1. The Labute approximate surface area is 230 Å². The van der Waals surface area contributed by atoms with E-state index in [0.717, 1.165) is 11.1 Å². The molecule has 3 rings (SSSR count). The van der Waals surface area contributed by atoms with Gasteiger partial charge in [-0.1, -0.05) is 81.4 Å². The van der Waals surface area contributed by atoms with Crippen LogP contribution in [0.25, 0.3) is 0 Å². The maximum Gasteiger partial charge on any atom is 0.326 e. The van der Waals surface area contributed by atoms with E-state index in [9.17, 15) is 9.59 Å². The predicted molar refractivity (Wildman–Crippen MR) is 155 cm³/mol. The van der Waals surface area contributed by atoms with E-state index in [1.807, 2.05) is 57.2 Å². The highest BCUT2D eigenvalue weighted by atomic mass is 28.4. The van der Waals surface area contributed by atoms with E-state index in [4.69, 9.17) is 9.16 Å². The smallest absolute Gasteiger partial charge is 0.326 e. The van der Waals surface area contributed by atoms with Gasteiger partial charge in [0.15, 0.2) is 8.32 Å². The van der Waals surface area contributed by atoms with Crippen LogP contribution in [0.1, 0.15) is 59.1 Å². The van der Waals surface area contributed by atoms with Gasteiger partial charge in [-0.15, -0.1) is 0 Å². The maximum atomic E-state index is 14.0. The third-order valence-electron chi connectivity index (χ3n) is 7.56. The number of benzene rings is 2. The Morgan fingerprint density at radius 1 is 0.921 bits per heavy atom.